The van der Waals surface area contributed by atoms with Crippen LogP contribution in [0.5, 0.6) is 0 Å². The standard InChI is InChI=1S/C14H21N3/c1-10-5-7-11(8-6-10)17-13(15)9-12(16-17)14(2,3)4/h5-7,9,11H,8,15H2,1-4H3. The van der Waals surface area contributed by atoms with E-state index in [1.807, 2.05) is 10.7 Å². The summed E-state index contributed by atoms with van der Waals surface area (Å²) in [4.78, 5) is 0. The molecule has 0 amide bonds. The van der Waals surface area contributed by atoms with Gasteiger partial charge in [0.25, 0.3) is 0 Å². The summed E-state index contributed by atoms with van der Waals surface area (Å²) in [7, 11) is 0. The first-order chi connectivity index (χ1) is 7.88. The van der Waals surface area contributed by atoms with Gasteiger partial charge in [0.1, 0.15) is 5.82 Å². The highest BCUT2D eigenvalue weighted by Gasteiger charge is 2.21. The average Bonchev–Trinajstić information content (AvgIpc) is 2.61. The number of hydrogen-bond donors (Lipinski definition) is 1. The molecule has 0 aromatic carbocycles. The zero-order chi connectivity index (χ0) is 12.6. The fraction of sp³-hybridized carbons (Fsp3) is 0.500. The van der Waals surface area contributed by atoms with E-state index in [1.54, 1.807) is 0 Å². The molecule has 17 heavy (non-hydrogen) atoms. The van der Waals surface area contributed by atoms with Crippen LogP contribution in [0, 0.1) is 0 Å². The normalized spacial score (nSPS) is 20.5. The summed E-state index contributed by atoms with van der Waals surface area (Å²) >= 11 is 0. The molecule has 92 valence electrons. The number of nitrogens with zero attached hydrogens (tertiary/aromatic N) is 2. The molecule has 1 aliphatic carbocycles. The molecule has 1 aliphatic rings. The molecule has 0 radical (unpaired) electrons. The van der Waals surface area contributed by atoms with Crippen molar-refractivity contribution < 1.29 is 0 Å². The van der Waals surface area contributed by atoms with Gasteiger partial charge in [-0.3, -0.25) is 0 Å². The SMILES string of the molecule is CC1=CCC(n2nc(C(C)(C)C)cc2N)C=C1. The molecule has 1 atom stereocenters. The van der Waals surface area contributed by atoms with Crippen molar-refractivity contribution in [3.05, 3.63) is 35.6 Å². The van der Waals surface area contributed by atoms with Crippen molar-refractivity contribution in [2.75, 3.05) is 5.73 Å². The highest BCUT2D eigenvalue weighted by atomic mass is 15.3. The molecule has 1 aromatic heterocycles. The summed E-state index contributed by atoms with van der Waals surface area (Å²) in [5, 5.41) is 4.64. The van der Waals surface area contributed by atoms with Crippen LogP contribution in [-0.2, 0) is 5.41 Å². The summed E-state index contributed by atoms with van der Waals surface area (Å²) in [5.74, 6) is 0.748. The lowest BCUT2D eigenvalue weighted by molar-refractivity contribution is 0.503. The lowest BCUT2D eigenvalue weighted by Crippen LogP contribution is -2.15. The molecule has 0 aliphatic heterocycles. The third-order valence-corrected chi connectivity index (χ3v) is 3.11. The lowest BCUT2D eigenvalue weighted by atomic mass is 9.92. The van der Waals surface area contributed by atoms with E-state index in [2.05, 4.69) is 51.0 Å². The van der Waals surface area contributed by atoms with Crippen LogP contribution in [0.2, 0.25) is 0 Å². The molecule has 2 rings (SSSR count). The maximum Gasteiger partial charge on any atom is 0.122 e. The van der Waals surface area contributed by atoms with Crippen molar-refractivity contribution in [1.29, 1.82) is 0 Å². The molecular formula is C14H21N3. The average molecular weight is 231 g/mol. The number of aromatic nitrogens is 2. The molecule has 1 heterocycles. The van der Waals surface area contributed by atoms with Gasteiger partial charge >= 0.3 is 0 Å². The van der Waals surface area contributed by atoms with E-state index in [4.69, 9.17) is 5.73 Å². The summed E-state index contributed by atoms with van der Waals surface area (Å²) in [5.41, 5.74) is 8.45. The second-order valence-corrected chi connectivity index (χ2v) is 5.76. The third kappa shape index (κ3) is 2.43. The summed E-state index contributed by atoms with van der Waals surface area (Å²) in [6, 6.07) is 2.24. The molecule has 0 saturated carbocycles. The van der Waals surface area contributed by atoms with Crippen molar-refractivity contribution in [3.8, 4) is 0 Å². The summed E-state index contributed by atoms with van der Waals surface area (Å²) in [6.07, 6.45) is 7.50. The highest BCUT2D eigenvalue weighted by Crippen LogP contribution is 2.28. The molecule has 0 bridgehead atoms. The molecular weight excluding hydrogens is 210 g/mol. The predicted molar refractivity (Wildman–Crippen MR) is 71.9 cm³/mol. The molecule has 3 nitrogen and oxygen atoms in total. The zero-order valence-corrected chi connectivity index (χ0v) is 11.1. The lowest BCUT2D eigenvalue weighted by Gasteiger charge is -2.18. The maximum atomic E-state index is 6.05. The summed E-state index contributed by atoms with van der Waals surface area (Å²) < 4.78 is 1.93. The number of nitrogen functional groups attached to an aromatic ring is 1. The molecule has 1 unspecified atom stereocenters. The quantitative estimate of drug-likeness (QED) is 0.806. The number of anilines is 1. The van der Waals surface area contributed by atoms with E-state index in [0.717, 1.165) is 17.9 Å². The minimum atomic E-state index is 0.0451. The van der Waals surface area contributed by atoms with E-state index < -0.39 is 0 Å². The van der Waals surface area contributed by atoms with Gasteiger partial charge < -0.3 is 5.73 Å². The number of rotatable bonds is 1. The van der Waals surface area contributed by atoms with E-state index in [1.165, 1.54) is 5.57 Å². The van der Waals surface area contributed by atoms with Gasteiger partial charge in [-0.05, 0) is 13.3 Å². The van der Waals surface area contributed by atoms with Crippen LogP contribution >= 0.6 is 0 Å². The van der Waals surface area contributed by atoms with Crippen LogP contribution < -0.4 is 5.73 Å². The number of allylic oxidation sites excluding steroid dienone is 4. The Bertz CT molecular complexity index is 472. The van der Waals surface area contributed by atoms with E-state index in [9.17, 15) is 0 Å². The van der Waals surface area contributed by atoms with Gasteiger partial charge in [-0.15, -0.1) is 0 Å². The second kappa shape index (κ2) is 4.06. The minimum absolute atomic E-state index is 0.0451. The summed E-state index contributed by atoms with van der Waals surface area (Å²) in [6.45, 7) is 8.57. The maximum absolute atomic E-state index is 6.05. The fourth-order valence-corrected chi connectivity index (χ4v) is 1.94. The first-order valence-electron chi connectivity index (χ1n) is 6.08. The van der Waals surface area contributed by atoms with Gasteiger partial charge in [0.05, 0.1) is 11.7 Å². The van der Waals surface area contributed by atoms with Gasteiger partial charge in [-0.2, -0.15) is 5.10 Å². The van der Waals surface area contributed by atoms with E-state index >= 15 is 0 Å². The fourth-order valence-electron chi connectivity index (χ4n) is 1.94. The first-order valence-corrected chi connectivity index (χ1v) is 6.08. The van der Waals surface area contributed by atoms with Crippen LogP contribution in [-0.4, -0.2) is 9.78 Å². The van der Waals surface area contributed by atoms with E-state index in [0.29, 0.717) is 0 Å². The monoisotopic (exact) mass is 231 g/mol. The van der Waals surface area contributed by atoms with Crippen LogP contribution in [0.1, 0.15) is 45.9 Å². The van der Waals surface area contributed by atoms with Crippen LogP contribution in [0.4, 0.5) is 5.82 Å². The van der Waals surface area contributed by atoms with E-state index in [-0.39, 0.29) is 11.5 Å². The highest BCUT2D eigenvalue weighted by molar-refractivity contribution is 5.36. The van der Waals surface area contributed by atoms with Crippen LogP contribution in [0.15, 0.2) is 29.9 Å². The van der Waals surface area contributed by atoms with Crippen molar-refractivity contribution in [3.63, 3.8) is 0 Å². The smallest absolute Gasteiger partial charge is 0.122 e. The van der Waals surface area contributed by atoms with Gasteiger partial charge in [-0.1, -0.05) is 44.6 Å². The Morgan fingerprint density at radius 3 is 2.59 bits per heavy atom. The molecule has 1 aromatic rings. The van der Waals surface area contributed by atoms with Gasteiger partial charge in [0.15, 0.2) is 0 Å². The third-order valence-electron chi connectivity index (χ3n) is 3.11. The zero-order valence-electron chi connectivity index (χ0n) is 11.1. The Hall–Kier alpha value is -1.51. The number of nitrogens with two attached hydrogens (primary N) is 1. The van der Waals surface area contributed by atoms with Crippen molar-refractivity contribution >= 4 is 5.82 Å². The molecule has 2 N–H and O–H groups in total. The topological polar surface area (TPSA) is 43.8 Å². The van der Waals surface area contributed by atoms with Crippen LogP contribution in [0.3, 0.4) is 0 Å². The first kappa shape index (κ1) is 12.0. The Morgan fingerprint density at radius 1 is 1.41 bits per heavy atom. The van der Waals surface area contributed by atoms with Gasteiger partial charge in [0, 0.05) is 11.5 Å². The minimum Gasteiger partial charge on any atom is -0.384 e. The Morgan fingerprint density at radius 2 is 2.12 bits per heavy atom. The van der Waals surface area contributed by atoms with Crippen molar-refractivity contribution in [2.24, 2.45) is 0 Å². The largest absolute Gasteiger partial charge is 0.384 e. The Labute approximate surface area is 103 Å². The van der Waals surface area contributed by atoms with Crippen molar-refractivity contribution in [1.82, 2.24) is 9.78 Å². The van der Waals surface area contributed by atoms with Crippen molar-refractivity contribution in [2.45, 2.75) is 45.6 Å². The predicted octanol–water partition coefficient (Wildman–Crippen LogP) is 3.21. The van der Waals surface area contributed by atoms with Gasteiger partial charge in [0.2, 0.25) is 0 Å². The number of hydrogen-bond acceptors (Lipinski definition) is 2. The Balaban J connectivity index is 2.29. The molecule has 0 spiro atoms. The molecule has 0 saturated heterocycles. The van der Waals surface area contributed by atoms with Crippen LogP contribution in [0.25, 0.3) is 0 Å². The molecule has 3 heteroatoms. The Kier molecular flexibility index (Phi) is 2.86. The van der Waals surface area contributed by atoms with Gasteiger partial charge in [-0.25, -0.2) is 4.68 Å². The molecule has 0 fully saturated rings. The second-order valence-electron chi connectivity index (χ2n) is 5.76.